The van der Waals surface area contributed by atoms with Crippen molar-refractivity contribution in [1.82, 2.24) is 10.6 Å². The Bertz CT molecular complexity index is 596. The molecule has 4 nitrogen and oxygen atoms in total. The van der Waals surface area contributed by atoms with Crippen molar-refractivity contribution in [3.63, 3.8) is 0 Å². The van der Waals surface area contributed by atoms with Crippen LogP contribution in [0.5, 0.6) is 0 Å². The molecule has 2 N–H and O–H groups in total. The summed E-state index contributed by atoms with van der Waals surface area (Å²) in [6.45, 7) is 5.42. The highest BCUT2D eigenvalue weighted by Crippen LogP contribution is 2.16. The van der Waals surface area contributed by atoms with Gasteiger partial charge in [-0.25, -0.2) is 0 Å². The molecule has 122 valence electrons. The van der Waals surface area contributed by atoms with Crippen LogP contribution in [0.3, 0.4) is 0 Å². The molecule has 1 amide bonds. The van der Waals surface area contributed by atoms with E-state index in [-0.39, 0.29) is 5.91 Å². The first kappa shape index (κ1) is 20.2. The Morgan fingerprint density at radius 1 is 1.22 bits per heavy atom. The summed E-state index contributed by atoms with van der Waals surface area (Å²) < 4.78 is 0. The molecule has 23 heavy (non-hydrogen) atoms. The first-order valence-corrected chi connectivity index (χ1v) is 7.30. The molecule has 0 fully saturated rings. The summed E-state index contributed by atoms with van der Waals surface area (Å²) in [4.78, 5) is 15.8. The normalized spacial score (nSPS) is 12.0. The largest absolute Gasteiger partial charge is 0.393 e. The van der Waals surface area contributed by atoms with Crippen molar-refractivity contribution in [2.24, 2.45) is 4.99 Å². The molecule has 0 heterocycles. The van der Waals surface area contributed by atoms with E-state index in [0.29, 0.717) is 6.42 Å². The summed E-state index contributed by atoms with van der Waals surface area (Å²) in [5.74, 6) is -0.0846. The number of nitrogens with one attached hydrogen (secondary N) is 2. The van der Waals surface area contributed by atoms with Crippen LogP contribution in [0.2, 0.25) is 0 Å². The molecule has 0 atom stereocenters. The Balaban J connectivity index is 0.00000232. The SMILES string of the molecule is C#C.C/C=C(\N=C(C)C/C(=C\NC)NC(C)=O)c1ccccc1. The second-order valence-corrected chi connectivity index (χ2v) is 4.70. The lowest BCUT2D eigenvalue weighted by Gasteiger charge is -2.09. The first-order chi connectivity index (χ1) is 11.1. The molecule has 1 aromatic rings. The van der Waals surface area contributed by atoms with Gasteiger partial charge in [0.2, 0.25) is 5.91 Å². The molecule has 1 aromatic carbocycles. The number of amides is 1. The van der Waals surface area contributed by atoms with Gasteiger partial charge in [-0.3, -0.25) is 9.79 Å². The number of rotatable bonds is 6. The van der Waals surface area contributed by atoms with Crippen LogP contribution in [0.1, 0.15) is 32.8 Å². The predicted octanol–water partition coefficient (Wildman–Crippen LogP) is 3.34. The Morgan fingerprint density at radius 3 is 2.30 bits per heavy atom. The van der Waals surface area contributed by atoms with E-state index in [2.05, 4.69) is 28.5 Å². The third-order valence-corrected chi connectivity index (χ3v) is 2.76. The number of aliphatic imine (C=N–C) groups is 1. The minimum absolute atomic E-state index is 0.0846. The van der Waals surface area contributed by atoms with Crippen molar-refractivity contribution in [3.8, 4) is 12.8 Å². The van der Waals surface area contributed by atoms with E-state index in [0.717, 1.165) is 22.7 Å². The van der Waals surface area contributed by atoms with Gasteiger partial charge in [-0.1, -0.05) is 36.4 Å². The van der Waals surface area contributed by atoms with Gasteiger partial charge in [-0.15, -0.1) is 12.8 Å². The van der Waals surface area contributed by atoms with Gasteiger partial charge in [0.25, 0.3) is 0 Å². The maximum absolute atomic E-state index is 11.2. The minimum Gasteiger partial charge on any atom is -0.393 e. The molecule has 4 heteroatoms. The van der Waals surface area contributed by atoms with Crippen molar-refractivity contribution in [2.45, 2.75) is 27.2 Å². The van der Waals surface area contributed by atoms with E-state index in [1.165, 1.54) is 6.92 Å². The molecule has 0 radical (unpaired) electrons. The van der Waals surface area contributed by atoms with Gasteiger partial charge in [-0.05, 0) is 19.4 Å². The van der Waals surface area contributed by atoms with Crippen molar-refractivity contribution in [1.29, 1.82) is 0 Å². The topological polar surface area (TPSA) is 53.5 Å². The quantitative estimate of drug-likeness (QED) is 0.625. The number of allylic oxidation sites excluding steroid dienone is 2. The average Bonchev–Trinajstić information content (AvgIpc) is 2.55. The van der Waals surface area contributed by atoms with E-state index in [1.54, 1.807) is 13.2 Å². The highest BCUT2D eigenvalue weighted by atomic mass is 16.1. The van der Waals surface area contributed by atoms with E-state index in [9.17, 15) is 4.79 Å². The van der Waals surface area contributed by atoms with Crippen LogP contribution in [0.15, 0.2) is 53.3 Å². The van der Waals surface area contributed by atoms with Crippen LogP contribution in [0.4, 0.5) is 0 Å². The van der Waals surface area contributed by atoms with Crippen molar-refractivity contribution >= 4 is 17.3 Å². The summed E-state index contributed by atoms with van der Waals surface area (Å²) in [6.07, 6.45) is 12.3. The molecule has 0 aromatic heterocycles. The lowest BCUT2D eigenvalue weighted by Crippen LogP contribution is -2.22. The number of nitrogens with zero attached hydrogens (tertiary/aromatic N) is 1. The molecule has 0 aliphatic rings. The molecule has 1 rings (SSSR count). The summed E-state index contributed by atoms with van der Waals surface area (Å²) in [6, 6.07) is 10.0. The van der Waals surface area contributed by atoms with Crippen molar-refractivity contribution in [2.75, 3.05) is 7.05 Å². The van der Waals surface area contributed by atoms with Gasteiger partial charge in [0.15, 0.2) is 0 Å². The van der Waals surface area contributed by atoms with E-state index in [4.69, 9.17) is 0 Å². The van der Waals surface area contributed by atoms with Crippen molar-refractivity contribution < 1.29 is 4.79 Å². The van der Waals surface area contributed by atoms with Gasteiger partial charge < -0.3 is 10.6 Å². The van der Waals surface area contributed by atoms with Gasteiger partial charge in [0.1, 0.15) is 0 Å². The number of hydrogen-bond acceptors (Lipinski definition) is 3. The third kappa shape index (κ3) is 8.27. The van der Waals surface area contributed by atoms with Gasteiger partial charge in [0, 0.05) is 38.0 Å². The van der Waals surface area contributed by atoms with Crippen LogP contribution in [0, 0.1) is 12.8 Å². The highest BCUT2D eigenvalue weighted by molar-refractivity contribution is 5.90. The average molecular weight is 311 g/mol. The summed E-state index contributed by atoms with van der Waals surface area (Å²) in [5.41, 5.74) is 3.75. The summed E-state index contributed by atoms with van der Waals surface area (Å²) >= 11 is 0. The highest BCUT2D eigenvalue weighted by Gasteiger charge is 2.04. The number of hydrogen-bond donors (Lipinski definition) is 2. The standard InChI is InChI=1S/C17H23N3O.C2H2/c1-5-17(15-9-7-6-8-10-15)19-13(2)11-16(12-18-4)20-14(3)21;1-2/h5-10,12,18H,11H2,1-4H3,(H,20,21);1-2H/b16-12+,17-5-,19-13?;. The fraction of sp³-hybridized carbons (Fsp3) is 0.263. The Hall–Kier alpha value is -2.80. The summed E-state index contributed by atoms with van der Waals surface area (Å²) in [5, 5.41) is 5.73. The maximum atomic E-state index is 11.2. The van der Waals surface area contributed by atoms with E-state index < -0.39 is 0 Å². The van der Waals surface area contributed by atoms with Gasteiger partial charge in [0.05, 0.1) is 5.70 Å². The molecular formula is C19H25N3O. The molecule has 0 aliphatic heterocycles. The Morgan fingerprint density at radius 2 is 1.83 bits per heavy atom. The minimum atomic E-state index is -0.0846. The first-order valence-electron chi connectivity index (χ1n) is 7.30. The number of carbonyl (C=O) groups excluding carboxylic acids is 1. The van der Waals surface area contributed by atoms with Crippen LogP contribution < -0.4 is 10.6 Å². The number of benzene rings is 1. The zero-order valence-electron chi connectivity index (χ0n) is 14.3. The fourth-order valence-corrected chi connectivity index (χ4v) is 1.96. The Labute approximate surface area is 139 Å². The summed E-state index contributed by atoms with van der Waals surface area (Å²) in [7, 11) is 1.80. The Kier molecular flexibility index (Phi) is 10.4. The van der Waals surface area contributed by atoms with E-state index in [1.807, 2.05) is 50.3 Å². The monoisotopic (exact) mass is 311 g/mol. The molecule has 0 aliphatic carbocycles. The smallest absolute Gasteiger partial charge is 0.221 e. The van der Waals surface area contributed by atoms with Crippen molar-refractivity contribution in [3.05, 3.63) is 53.9 Å². The molecule has 0 spiro atoms. The molecule has 0 unspecified atom stereocenters. The molecule has 0 bridgehead atoms. The maximum Gasteiger partial charge on any atom is 0.221 e. The van der Waals surface area contributed by atoms with E-state index >= 15 is 0 Å². The number of carbonyl (C=O) groups is 1. The van der Waals surface area contributed by atoms with Crippen LogP contribution >= 0.6 is 0 Å². The van der Waals surface area contributed by atoms with Gasteiger partial charge >= 0.3 is 0 Å². The molecule has 0 saturated carbocycles. The van der Waals surface area contributed by atoms with Gasteiger partial charge in [-0.2, -0.15) is 0 Å². The van der Waals surface area contributed by atoms with Crippen LogP contribution in [0.25, 0.3) is 5.70 Å². The zero-order valence-corrected chi connectivity index (χ0v) is 14.3. The molecular weight excluding hydrogens is 286 g/mol. The lowest BCUT2D eigenvalue weighted by atomic mass is 10.1. The lowest BCUT2D eigenvalue weighted by molar-refractivity contribution is -0.118. The second kappa shape index (κ2) is 11.8. The van der Waals surface area contributed by atoms with Crippen LogP contribution in [-0.2, 0) is 4.79 Å². The van der Waals surface area contributed by atoms with Crippen LogP contribution in [-0.4, -0.2) is 18.7 Å². The third-order valence-electron chi connectivity index (χ3n) is 2.76. The zero-order chi connectivity index (χ0) is 17.7. The second-order valence-electron chi connectivity index (χ2n) is 4.70. The number of terminal acetylenes is 1. The predicted molar refractivity (Wildman–Crippen MR) is 98.7 cm³/mol. The fourth-order valence-electron chi connectivity index (χ4n) is 1.96. The molecule has 0 saturated heterocycles.